The van der Waals surface area contributed by atoms with Crippen LogP contribution >= 0.6 is 11.3 Å². The van der Waals surface area contributed by atoms with Crippen LogP contribution in [0.5, 0.6) is 11.5 Å². The zero-order chi connectivity index (χ0) is 20.1. The maximum absolute atomic E-state index is 13.0. The monoisotopic (exact) mass is 410 g/mol. The highest BCUT2D eigenvalue weighted by atomic mass is 32.1. The number of amides is 1. The summed E-state index contributed by atoms with van der Waals surface area (Å²) in [5.74, 6) is 1.43. The van der Waals surface area contributed by atoms with Crippen molar-refractivity contribution in [3.63, 3.8) is 0 Å². The minimum Gasteiger partial charge on any atom is -0.497 e. The molecule has 3 aliphatic rings. The standard InChI is InChI=1S/C21H22N4O3S/c1-27-12-3-4-14(16(9-12)28-2)23-20(26)19-17(22)13-10-15-18(24-21(13)29-19)11-5-7-25(15)8-6-11/h3-4,9-11H,5-8,22H2,1-2H3,(H,23,26). The number of carbonyl (C=O) groups excluding carboxylic acids is 1. The Kier molecular flexibility index (Phi) is 4.24. The Balaban J connectivity index is 1.51. The van der Waals surface area contributed by atoms with Crippen molar-refractivity contribution in [2.24, 2.45) is 0 Å². The number of nitrogens with two attached hydrogens (primary N) is 1. The normalized spacial score (nSPS) is 15.4. The number of nitrogens with zero attached hydrogens (tertiary/aromatic N) is 2. The molecule has 29 heavy (non-hydrogen) atoms. The molecule has 7 nitrogen and oxygen atoms in total. The van der Waals surface area contributed by atoms with Gasteiger partial charge in [0.25, 0.3) is 5.91 Å². The number of rotatable bonds is 4. The zero-order valence-electron chi connectivity index (χ0n) is 16.3. The number of anilines is 3. The van der Waals surface area contributed by atoms with Crippen molar-refractivity contribution in [3.05, 3.63) is 34.8 Å². The lowest BCUT2D eigenvalue weighted by Crippen LogP contribution is -2.39. The molecule has 1 saturated heterocycles. The van der Waals surface area contributed by atoms with E-state index in [2.05, 4.69) is 16.3 Å². The molecule has 0 atom stereocenters. The Morgan fingerprint density at radius 1 is 1.24 bits per heavy atom. The van der Waals surface area contributed by atoms with Crippen LogP contribution in [0.1, 0.15) is 34.1 Å². The summed E-state index contributed by atoms with van der Waals surface area (Å²) in [6.45, 7) is 2.14. The highest BCUT2D eigenvalue weighted by Crippen LogP contribution is 2.45. The Morgan fingerprint density at radius 3 is 2.76 bits per heavy atom. The molecular weight excluding hydrogens is 388 g/mol. The van der Waals surface area contributed by atoms with Gasteiger partial charge >= 0.3 is 0 Å². The van der Waals surface area contributed by atoms with Crippen molar-refractivity contribution in [2.75, 3.05) is 43.3 Å². The van der Waals surface area contributed by atoms with Gasteiger partial charge in [0.1, 0.15) is 21.2 Å². The van der Waals surface area contributed by atoms with Gasteiger partial charge in [0.2, 0.25) is 0 Å². The number of aromatic nitrogens is 1. The molecular formula is C21H22N4O3S. The van der Waals surface area contributed by atoms with Crippen molar-refractivity contribution < 1.29 is 14.3 Å². The lowest BCUT2D eigenvalue weighted by atomic mass is 9.86. The van der Waals surface area contributed by atoms with E-state index in [1.54, 1.807) is 32.4 Å². The third-order valence-corrected chi connectivity index (χ3v) is 6.93. The Hall–Kier alpha value is -3.00. The van der Waals surface area contributed by atoms with Gasteiger partial charge in [0.05, 0.1) is 37.0 Å². The van der Waals surface area contributed by atoms with E-state index < -0.39 is 0 Å². The van der Waals surface area contributed by atoms with Crippen LogP contribution in [0.3, 0.4) is 0 Å². The fourth-order valence-corrected chi connectivity index (χ4v) is 5.22. The van der Waals surface area contributed by atoms with Gasteiger partial charge in [-0.15, -0.1) is 11.3 Å². The molecule has 0 radical (unpaired) electrons. The van der Waals surface area contributed by atoms with Crippen LogP contribution in [0.15, 0.2) is 24.3 Å². The molecule has 5 heterocycles. The third-order valence-electron chi connectivity index (χ3n) is 5.81. The summed E-state index contributed by atoms with van der Waals surface area (Å²) in [5, 5.41) is 3.76. The number of pyridine rings is 1. The second-order valence-electron chi connectivity index (χ2n) is 7.37. The van der Waals surface area contributed by atoms with Crippen LogP contribution in [-0.4, -0.2) is 38.2 Å². The number of nitrogens with one attached hydrogen (secondary N) is 1. The zero-order valence-corrected chi connectivity index (χ0v) is 17.1. The Bertz CT molecular complexity index is 1120. The molecule has 1 fully saturated rings. The number of benzene rings is 1. The summed E-state index contributed by atoms with van der Waals surface area (Å²) in [5.41, 5.74) is 9.75. The molecule has 2 aromatic heterocycles. The maximum atomic E-state index is 13.0. The summed E-state index contributed by atoms with van der Waals surface area (Å²) < 4.78 is 10.6. The summed E-state index contributed by atoms with van der Waals surface area (Å²) >= 11 is 1.34. The van der Waals surface area contributed by atoms with Crippen molar-refractivity contribution in [3.8, 4) is 11.5 Å². The van der Waals surface area contributed by atoms with Gasteiger partial charge in [0.15, 0.2) is 0 Å². The molecule has 3 N–H and O–H groups in total. The molecule has 1 amide bonds. The molecule has 1 aromatic carbocycles. The van der Waals surface area contributed by atoms with E-state index in [9.17, 15) is 4.79 Å². The fourth-order valence-electron chi connectivity index (χ4n) is 4.24. The van der Waals surface area contributed by atoms with Crippen molar-refractivity contribution in [2.45, 2.75) is 18.8 Å². The molecule has 3 aromatic rings. The second-order valence-corrected chi connectivity index (χ2v) is 8.37. The largest absolute Gasteiger partial charge is 0.497 e. The van der Waals surface area contributed by atoms with Crippen molar-refractivity contribution in [1.29, 1.82) is 0 Å². The van der Waals surface area contributed by atoms with E-state index in [1.807, 2.05) is 0 Å². The van der Waals surface area contributed by atoms with E-state index in [4.69, 9.17) is 20.2 Å². The van der Waals surface area contributed by atoms with Crippen LogP contribution in [0, 0.1) is 0 Å². The van der Waals surface area contributed by atoms with E-state index in [-0.39, 0.29) is 5.91 Å². The summed E-state index contributed by atoms with van der Waals surface area (Å²) in [6, 6.07) is 7.36. The number of fused-ring (bicyclic) bond motifs is 3. The van der Waals surface area contributed by atoms with E-state index in [1.165, 1.54) is 17.0 Å². The van der Waals surface area contributed by atoms with E-state index in [0.29, 0.717) is 33.7 Å². The van der Waals surface area contributed by atoms with Gasteiger partial charge < -0.3 is 25.4 Å². The summed E-state index contributed by atoms with van der Waals surface area (Å²) in [7, 11) is 3.14. The lowest BCUT2D eigenvalue weighted by Gasteiger charge is -2.41. The topological polar surface area (TPSA) is 89.7 Å². The average molecular weight is 410 g/mol. The van der Waals surface area contributed by atoms with Gasteiger partial charge in [-0.25, -0.2) is 4.98 Å². The van der Waals surface area contributed by atoms with Gasteiger partial charge in [-0.1, -0.05) is 0 Å². The number of hydrogen-bond acceptors (Lipinski definition) is 7. The number of methoxy groups -OCH3 is 2. The molecule has 0 unspecified atom stereocenters. The summed E-state index contributed by atoms with van der Waals surface area (Å²) in [4.78, 5) is 21.5. The first-order chi connectivity index (χ1) is 14.1. The Labute approximate surface area is 172 Å². The predicted molar refractivity (Wildman–Crippen MR) is 116 cm³/mol. The minimum atomic E-state index is -0.268. The van der Waals surface area contributed by atoms with Crippen LogP contribution in [0.25, 0.3) is 10.2 Å². The van der Waals surface area contributed by atoms with Crippen LogP contribution < -0.4 is 25.4 Å². The van der Waals surface area contributed by atoms with E-state index >= 15 is 0 Å². The molecule has 0 aliphatic carbocycles. The Morgan fingerprint density at radius 2 is 2.03 bits per heavy atom. The fraction of sp³-hybridized carbons (Fsp3) is 0.333. The number of carbonyl (C=O) groups is 1. The number of thiophene rings is 1. The lowest BCUT2D eigenvalue weighted by molar-refractivity contribution is 0.103. The van der Waals surface area contributed by atoms with Crippen molar-refractivity contribution >= 4 is 44.5 Å². The van der Waals surface area contributed by atoms with Crippen LogP contribution in [-0.2, 0) is 0 Å². The molecule has 6 rings (SSSR count). The SMILES string of the molecule is COc1ccc(NC(=O)c2sc3nc4c(cc3c2N)N2CCC4CC2)c(OC)c1. The maximum Gasteiger partial charge on any atom is 0.268 e. The second kappa shape index (κ2) is 6.81. The first-order valence-electron chi connectivity index (χ1n) is 9.60. The average Bonchev–Trinajstić information content (AvgIpc) is 3.09. The summed E-state index contributed by atoms with van der Waals surface area (Å²) in [6.07, 6.45) is 2.30. The number of nitrogen functional groups attached to an aromatic ring is 1. The molecule has 0 spiro atoms. The quantitative estimate of drug-likeness (QED) is 0.679. The minimum absolute atomic E-state index is 0.268. The molecule has 0 saturated carbocycles. The highest BCUT2D eigenvalue weighted by molar-refractivity contribution is 7.21. The molecule has 2 bridgehead atoms. The highest BCUT2D eigenvalue weighted by Gasteiger charge is 2.33. The smallest absolute Gasteiger partial charge is 0.268 e. The van der Waals surface area contributed by atoms with Gasteiger partial charge in [-0.05, 0) is 31.0 Å². The van der Waals surface area contributed by atoms with Gasteiger partial charge in [-0.2, -0.15) is 0 Å². The number of piperidine rings is 1. The molecule has 150 valence electrons. The van der Waals surface area contributed by atoms with Crippen LogP contribution in [0.4, 0.5) is 17.1 Å². The number of ether oxygens (including phenoxy) is 2. The van der Waals surface area contributed by atoms with Crippen LogP contribution in [0.2, 0.25) is 0 Å². The first-order valence-corrected chi connectivity index (χ1v) is 10.4. The van der Waals surface area contributed by atoms with E-state index in [0.717, 1.165) is 41.8 Å². The predicted octanol–water partition coefficient (Wildman–Crippen LogP) is 3.85. The molecule has 8 heteroatoms. The van der Waals surface area contributed by atoms with Crippen molar-refractivity contribution in [1.82, 2.24) is 4.98 Å². The molecule has 3 aliphatic heterocycles. The number of hydrogen-bond donors (Lipinski definition) is 2. The van der Waals surface area contributed by atoms with Gasteiger partial charge in [-0.3, -0.25) is 4.79 Å². The third kappa shape index (κ3) is 2.86. The first kappa shape index (κ1) is 18.1. The van der Waals surface area contributed by atoms with Gasteiger partial charge in [0, 0.05) is 30.5 Å².